The Kier molecular flexibility index (Phi) is 3.68. The molecule has 4 heteroatoms. The zero-order chi connectivity index (χ0) is 10.6. The van der Waals surface area contributed by atoms with Crippen molar-refractivity contribution < 1.29 is 19.4 Å². The molecule has 14 heavy (non-hydrogen) atoms. The van der Waals surface area contributed by atoms with Crippen LogP contribution >= 0.6 is 0 Å². The van der Waals surface area contributed by atoms with Crippen molar-refractivity contribution in [2.75, 3.05) is 6.61 Å². The zero-order valence-electron chi connectivity index (χ0n) is 8.10. The third-order valence-electron chi connectivity index (χ3n) is 2.30. The second kappa shape index (κ2) is 4.79. The maximum atomic E-state index is 11.4. The van der Waals surface area contributed by atoms with Crippen LogP contribution in [0.3, 0.4) is 0 Å². The second-order valence-electron chi connectivity index (χ2n) is 3.23. The van der Waals surface area contributed by atoms with E-state index in [2.05, 4.69) is 0 Å². The van der Waals surface area contributed by atoms with Gasteiger partial charge < -0.3 is 9.84 Å². The molecule has 0 amide bonds. The van der Waals surface area contributed by atoms with E-state index >= 15 is 0 Å². The molecule has 1 aliphatic carbocycles. The van der Waals surface area contributed by atoms with E-state index in [-0.39, 0.29) is 0 Å². The van der Waals surface area contributed by atoms with Gasteiger partial charge in [-0.1, -0.05) is 12.2 Å². The van der Waals surface area contributed by atoms with E-state index in [1.165, 1.54) is 0 Å². The maximum absolute atomic E-state index is 11.4. The molecule has 0 aromatic carbocycles. The molecule has 4 nitrogen and oxygen atoms in total. The van der Waals surface area contributed by atoms with Crippen LogP contribution in [0.15, 0.2) is 12.2 Å². The van der Waals surface area contributed by atoms with Gasteiger partial charge in [-0.05, 0) is 19.8 Å². The predicted molar refractivity (Wildman–Crippen MR) is 49.6 cm³/mol. The fourth-order valence-corrected chi connectivity index (χ4v) is 1.60. The van der Waals surface area contributed by atoms with Crippen LogP contribution in [0.25, 0.3) is 0 Å². The normalized spacial score (nSPS) is 25.8. The Balaban J connectivity index is 2.70. The first-order valence-corrected chi connectivity index (χ1v) is 4.73. The Bertz CT molecular complexity index is 257. The van der Waals surface area contributed by atoms with Crippen LogP contribution in [-0.2, 0) is 14.3 Å². The Morgan fingerprint density at radius 3 is 2.86 bits per heavy atom. The summed E-state index contributed by atoms with van der Waals surface area (Å²) in [5.41, 5.74) is 0. The molecule has 0 saturated carbocycles. The number of carboxylic acid groups (broad SMARTS) is 1. The van der Waals surface area contributed by atoms with Crippen molar-refractivity contribution in [2.24, 2.45) is 11.8 Å². The molecule has 78 valence electrons. The first-order valence-electron chi connectivity index (χ1n) is 4.73. The molecule has 0 unspecified atom stereocenters. The number of ether oxygens (including phenoxy) is 1. The van der Waals surface area contributed by atoms with Gasteiger partial charge in [0.05, 0.1) is 18.4 Å². The number of aliphatic carboxylic acids is 1. The van der Waals surface area contributed by atoms with Crippen LogP contribution in [0.5, 0.6) is 0 Å². The molecule has 0 heterocycles. The summed E-state index contributed by atoms with van der Waals surface area (Å²) < 4.78 is 4.83. The van der Waals surface area contributed by atoms with Gasteiger partial charge in [0.25, 0.3) is 0 Å². The molecular weight excluding hydrogens is 184 g/mol. The van der Waals surface area contributed by atoms with Crippen molar-refractivity contribution in [2.45, 2.75) is 19.8 Å². The van der Waals surface area contributed by atoms with E-state index in [1.54, 1.807) is 19.1 Å². The first kappa shape index (κ1) is 10.8. The minimum Gasteiger partial charge on any atom is -0.481 e. The molecule has 0 fully saturated rings. The van der Waals surface area contributed by atoms with Gasteiger partial charge in [0.1, 0.15) is 0 Å². The summed E-state index contributed by atoms with van der Waals surface area (Å²) in [6.07, 6.45) is 4.68. The van der Waals surface area contributed by atoms with Gasteiger partial charge in [0, 0.05) is 0 Å². The van der Waals surface area contributed by atoms with Gasteiger partial charge in [-0.25, -0.2) is 0 Å². The van der Waals surface area contributed by atoms with E-state index in [9.17, 15) is 9.59 Å². The lowest BCUT2D eigenvalue weighted by molar-refractivity contribution is -0.156. The minimum atomic E-state index is -0.959. The van der Waals surface area contributed by atoms with Crippen molar-refractivity contribution in [1.29, 1.82) is 0 Å². The van der Waals surface area contributed by atoms with Gasteiger partial charge in [-0.2, -0.15) is 0 Å². The second-order valence-corrected chi connectivity index (χ2v) is 3.23. The van der Waals surface area contributed by atoms with Crippen molar-refractivity contribution >= 4 is 11.9 Å². The summed E-state index contributed by atoms with van der Waals surface area (Å²) >= 11 is 0. The number of carbonyl (C=O) groups excluding carboxylic acids is 1. The molecule has 1 aliphatic rings. The third-order valence-corrected chi connectivity index (χ3v) is 2.30. The SMILES string of the molecule is CCOC(=O)[C@H]1CCC=C[C@@H]1C(=O)O. The number of hydrogen-bond acceptors (Lipinski definition) is 3. The molecule has 0 bridgehead atoms. The summed E-state index contributed by atoms with van der Waals surface area (Å²) in [6, 6.07) is 0. The number of hydrogen-bond donors (Lipinski definition) is 1. The molecule has 0 radical (unpaired) electrons. The summed E-state index contributed by atoms with van der Waals surface area (Å²) in [5, 5.41) is 8.87. The largest absolute Gasteiger partial charge is 0.481 e. The van der Waals surface area contributed by atoms with Gasteiger partial charge in [-0.3, -0.25) is 9.59 Å². The fraction of sp³-hybridized carbons (Fsp3) is 0.600. The highest BCUT2D eigenvalue weighted by molar-refractivity contribution is 5.82. The molecule has 1 N–H and O–H groups in total. The quantitative estimate of drug-likeness (QED) is 0.547. The predicted octanol–water partition coefficient (Wildman–Crippen LogP) is 1.22. The summed E-state index contributed by atoms with van der Waals surface area (Å²) in [5.74, 6) is -2.59. The Hall–Kier alpha value is -1.32. The summed E-state index contributed by atoms with van der Waals surface area (Å²) in [7, 11) is 0. The van der Waals surface area contributed by atoms with E-state index in [0.717, 1.165) is 6.42 Å². The number of allylic oxidation sites excluding steroid dienone is 1. The van der Waals surface area contributed by atoms with Crippen LogP contribution in [0.1, 0.15) is 19.8 Å². The van der Waals surface area contributed by atoms with Gasteiger partial charge in [-0.15, -0.1) is 0 Å². The monoisotopic (exact) mass is 198 g/mol. The van der Waals surface area contributed by atoms with E-state index in [4.69, 9.17) is 9.84 Å². The lowest BCUT2D eigenvalue weighted by Gasteiger charge is -2.22. The molecule has 0 spiro atoms. The average molecular weight is 198 g/mol. The Labute approximate surface area is 82.6 Å². The molecule has 2 atom stereocenters. The summed E-state index contributed by atoms with van der Waals surface area (Å²) in [4.78, 5) is 22.2. The van der Waals surface area contributed by atoms with E-state index in [0.29, 0.717) is 13.0 Å². The fourth-order valence-electron chi connectivity index (χ4n) is 1.60. The molecule has 0 saturated heterocycles. The number of carbonyl (C=O) groups is 2. The van der Waals surface area contributed by atoms with Crippen LogP contribution in [0.4, 0.5) is 0 Å². The lowest BCUT2D eigenvalue weighted by atomic mass is 9.84. The van der Waals surface area contributed by atoms with Crippen molar-refractivity contribution in [3.63, 3.8) is 0 Å². The minimum absolute atomic E-state index is 0.297. The molecule has 1 rings (SSSR count). The number of rotatable bonds is 3. The molecule has 0 aromatic heterocycles. The maximum Gasteiger partial charge on any atom is 0.311 e. The summed E-state index contributed by atoms with van der Waals surface area (Å²) in [6.45, 7) is 2.01. The first-order chi connectivity index (χ1) is 6.66. The number of carboxylic acids is 1. The van der Waals surface area contributed by atoms with Crippen LogP contribution in [0, 0.1) is 11.8 Å². The Morgan fingerprint density at radius 2 is 2.29 bits per heavy atom. The smallest absolute Gasteiger partial charge is 0.311 e. The van der Waals surface area contributed by atoms with E-state index < -0.39 is 23.8 Å². The topological polar surface area (TPSA) is 63.6 Å². The van der Waals surface area contributed by atoms with Crippen LogP contribution in [0.2, 0.25) is 0 Å². The van der Waals surface area contributed by atoms with E-state index in [1.807, 2.05) is 0 Å². The zero-order valence-corrected chi connectivity index (χ0v) is 8.10. The lowest BCUT2D eigenvalue weighted by Crippen LogP contribution is -2.31. The number of esters is 1. The average Bonchev–Trinajstić information content (AvgIpc) is 2.18. The molecule has 0 aliphatic heterocycles. The third kappa shape index (κ3) is 2.34. The standard InChI is InChI=1S/C10H14O4/c1-2-14-10(13)8-6-4-3-5-7(8)9(11)12/h3,5,7-8H,2,4,6H2,1H3,(H,11,12)/t7-,8-/m0/s1. The van der Waals surface area contributed by atoms with Crippen molar-refractivity contribution in [3.05, 3.63) is 12.2 Å². The highest BCUT2D eigenvalue weighted by Gasteiger charge is 2.34. The van der Waals surface area contributed by atoms with Gasteiger partial charge in [0.15, 0.2) is 0 Å². The van der Waals surface area contributed by atoms with Gasteiger partial charge >= 0.3 is 11.9 Å². The molecule has 0 aromatic rings. The van der Waals surface area contributed by atoms with Gasteiger partial charge in [0.2, 0.25) is 0 Å². The highest BCUT2D eigenvalue weighted by Crippen LogP contribution is 2.26. The van der Waals surface area contributed by atoms with Crippen molar-refractivity contribution in [1.82, 2.24) is 0 Å². The van der Waals surface area contributed by atoms with Crippen LogP contribution < -0.4 is 0 Å². The Morgan fingerprint density at radius 1 is 1.57 bits per heavy atom. The highest BCUT2D eigenvalue weighted by atomic mass is 16.5. The molecular formula is C10H14O4. The van der Waals surface area contributed by atoms with Crippen molar-refractivity contribution in [3.8, 4) is 0 Å². The van der Waals surface area contributed by atoms with Crippen LogP contribution in [-0.4, -0.2) is 23.7 Å².